The molecular formula is C20H20N4O4S. The van der Waals surface area contributed by atoms with Gasteiger partial charge in [0.05, 0.1) is 18.6 Å². The molecule has 0 bridgehead atoms. The van der Waals surface area contributed by atoms with Crippen LogP contribution in [0.1, 0.15) is 16.7 Å². The van der Waals surface area contributed by atoms with Crippen molar-refractivity contribution < 1.29 is 17.7 Å². The summed E-state index contributed by atoms with van der Waals surface area (Å²) in [6.45, 7) is 4.15. The third-order valence-electron chi connectivity index (χ3n) is 4.80. The van der Waals surface area contributed by atoms with E-state index >= 15 is 0 Å². The third kappa shape index (κ3) is 3.56. The molecule has 29 heavy (non-hydrogen) atoms. The van der Waals surface area contributed by atoms with Crippen LogP contribution in [0.5, 0.6) is 5.75 Å². The number of methoxy groups -OCH3 is 1. The average molecular weight is 412 g/mol. The van der Waals surface area contributed by atoms with Crippen molar-refractivity contribution in [1.82, 2.24) is 14.9 Å². The summed E-state index contributed by atoms with van der Waals surface area (Å²) < 4.78 is 41.1. The third-order valence-corrected chi connectivity index (χ3v) is 6.28. The molecule has 0 fully saturated rings. The lowest BCUT2D eigenvalue weighted by Gasteiger charge is -2.11. The minimum absolute atomic E-state index is 0.0865. The van der Waals surface area contributed by atoms with E-state index in [0.29, 0.717) is 28.8 Å². The molecule has 0 atom stereocenters. The van der Waals surface area contributed by atoms with Gasteiger partial charge in [0.25, 0.3) is 10.0 Å². The summed E-state index contributed by atoms with van der Waals surface area (Å²) in [5, 5.41) is 8.59. The Morgan fingerprint density at radius 1 is 1.21 bits per heavy atom. The van der Waals surface area contributed by atoms with Crippen LogP contribution in [-0.2, 0) is 16.6 Å². The molecule has 0 saturated heterocycles. The first kappa shape index (κ1) is 19.0. The summed E-state index contributed by atoms with van der Waals surface area (Å²) in [6, 6.07) is 10.6. The molecule has 2 aromatic heterocycles. The smallest absolute Gasteiger partial charge is 0.263 e. The molecule has 0 aliphatic rings. The average Bonchev–Trinajstić information content (AvgIpc) is 3.33. The topological polar surface area (TPSA) is 99.2 Å². The van der Waals surface area contributed by atoms with Crippen molar-refractivity contribution in [2.24, 2.45) is 0 Å². The van der Waals surface area contributed by atoms with Gasteiger partial charge in [0.15, 0.2) is 11.4 Å². The molecule has 0 aliphatic heterocycles. The van der Waals surface area contributed by atoms with Crippen LogP contribution in [0.4, 0.5) is 5.82 Å². The Bertz CT molecular complexity index is 1280. The lowest BCUT2D eigenvalue weighted by Crippen LogP contribution is -2.15. The maximum atomic E-state index is 12.9. The molecular weight excluding hydrogens is 392 g/mol. The van der Waals surface area contributed by atoms with Crippen LogP contribution in [0, 0.1) is 13.8 Å². The fourth-order valence-electron chi connectivity index (χ4n) is 3.19. The van der Waals surface area contributed by atoms with Gasteiger partial charge in [0, 0.05) is 12.4 Å². The minimum Gasteiger partial charge on any atom is -0.496 e. The highest BCUT2D eigenvalue weighted by Gasteiger charge is 2.23. The summed E-state index contributed by atoms with van der Waals surface area (Å²) >= 11 is 0. The van der Waals surface area contributed by atoms with Gasteiger partial charge in [-0.2, -0.15) is 5.10 Å². The summed E-state index contributed by atoms with van der Waals surface area (Å²) in [7, 11) is -2.33. The summed E-state index contributed by atoms with van der Waals surface area (Å²) in [5.74, 6) is 0.549. The van der Waals surface area contributed by atoms with Crippen LogP contribution in [-0.4, -0.2) is 30.5 Å². The molecule has 8 nitrogen and oxygen atoms in total. The number of anilines is 1. The first-order valence-corrected chi connectivity index (χ1v) is 10.4. The van der Waals surface area contributed by atoms with Gasteiger partial charge < -0.3 is 9.26 Å². The van der Waals surface area contributed by atoms with Crippen LogP contribution < -0.4 is 9.46 Å². The van der Waals surface area contributed by atoms with Crippen LogP contribution in [0.25, 0.3) is 11.0 Å². The number of nitrogens with zero attached hydrogens (tertiary/aromatic N) is 3. The van der Waals surface area contributed by atoms with Crippen molar-refractivity contribution in [3.63, 3.8) is 0 Å². The molecule has 9 heteroatoms. The highest BCUT2D eigenvalue weighted by atomic mass is 32.2. The van der Waals surface area contributed by atoms with Crippen molar-refractivity contribution in [2.45, 2.75) is 25.3 Å². The zero-order chi connectivity index (χ0) is 20.6. The monoisotopic (exact) mass is 412 g/mol. The van der Waals surface area contributed by atoms with Crippen LogP contribution in [0.15, 0.2) is 58.2 Å². The van der Waals surface area contributed by atoms with E-state index < -0.39 is 10.0 Å². The molecule has 2 heterocycles. The molecule has 0 unspecified atom stereocenters. The van der Waals surface area contributed by atoms with Crippen LogP contribution in [0.3, 0.4) is 0 Å². The van der Waals surface area contributed by atoms with Crippen molar-refractivity contribution in [3.05, 3.63) is 65.5 Å². The number of aromatic nitrogens is 3. The predicted molar refractivity (Wildman–Crippen MR) is 109 cm³/mol. The van der Waals surface area contributed by atoms with E-state index in [2.05, 4.69) is 15.0 Å². The van der Waals surface area contributed by atoms with Gasteiger partial charge in [-0.25, -0.2) is 8.42 Å². The SMILES string of the molecule is COc1cc(Cn2cccn2)cc2onc(NS(=O)(=O)c3cccc(C)c3C)c12. The summed E-state index contributed by atoms with van der Waals surface area (Å²) in [4.78, 5) is 0.197. The standard InChI is InChI=1S/C20H20N4O4S/c1-13-6-4-7-18(14(13)2)29(25,26)23-20-19-16(27-3)10-15(11-17(19)28-22-20)12-24-9-5-8-21-24/h4-11H,12H2,1-3H3,(H,22,23). The van der Waals surface area contributed by atoms with Crippen molar-refractivity contribution in [2.75, 3.05) is 11.8 Å². The van der Waals surface area contributed by atoms with Crippen molar-refractivity contribution in [3.8, 4) is 5.75 Å². The fourth-order valence-corrected chi connectivity index (χ4v) is 4.52. The van der Waals surface area contributed by atoms with Crippen LogP contribution in [0.2, 0.25) is 0 Å². The van der Waals surface area contributed by atoms with Crippen molar-refractivity contribution >= 4 is 26.8 Å². The molecule has 0 saturated carbocycles. The van der Waals surface area contributed by atoms with Gasteiger partial charge in [0.1, 0.15) is 11.1 Å². The van der Waals surface area contributed by atoms with E-state index in [4.69, 9.17) is 9.26 Å². The van der Waals surface area contributed by atoms with Crippen molar-refractivity contribution in [1.29, 1.82) is 0 Å². The molecule has 150 valence electrons. The molecule has 2 aromatic carbocycles. The Labute approximate surface area is 168 Å². The van der Waals surface area contributed by atoms with Gasteiger partial charge in [-0.15, -0.1) is 0 Å². The second-order valence-corrected chi connectivity index (χ2v) is 8.36. The highest BCUT2D eigenvalue weighted by molar-refractivity contribution is 7.92. The largest absolute Gasteiger partial charge is 0.496 e. The van der Waals surface area contributed by atoms with E-state index in [1.54, 1.807) is 36.0 Å². The number of fused-ring (bicyclic) bond motifs is 1. The number of hydrogen-bond donors (Lipinski definition) is 1. The molecule has 0 radical (unpaired) electrons. The molecule has 0 spiro atoms. The highest BCUT2D eigenvalue weighted by Crippen LogP contribution is 2.35. The minimum atomic E-state index is -3.85. The molecule has 0 amide bonds. The quantitative estimate of drug-likeness (QED) is 0.520. The van der Waals surface area contributed by atoms with E-state index in [9.17, 15) is 8.42 Å². The number of sulfonamides is 1. The first-order valence-electron chi connectivity index (χ1n) is 8.92. The number of nitrogens with one attached hydrogen (secondary N) is 1. The van der Waals surface area contributed by atoms with E-state index in [-0.39, 0.29) is 10.7 Å². The maximum absolute atomic E-state index is 12.9. The van der Waals surface area contributed by atoms with E-state index in [0.717, 1.165) is 11.1 Å². The Hall–Kier alpha value is -3.33. The Balaban J connectivity index is 1.74. The zero-order valence-electron chi connectivity index (χ0n) is 16.2. The molecule has 4 aromatic rings. The Morgan fingerprint density at radius 2 is 2.03 bits per heavy atom. The summed E-state index contributed by atoms with van der Waals surface area (Å²) in [6.07, 6.45) is 3.55. The van der Waals surface area contributed by atoms with Gasteiger partial charge in [-0.3, -0.25) is 9.40 Å². The van der Waals surface area contributed by atoms with E-state index in [1.807, 2.05) is 31.3 Å². The fraction of sp³-hybridized carbons (Fsp3) is 0.200. The number of benzene rings is 2. The normalized spacial score (nSPS) is 11.7. The number of rotatable bonds is 6. The van der Waals surface area contributed by atoms with Gasteiger partial charge in [-0.05, 0) is 54.8 Å². The predicted octanol–water partition coefficient (Wildman–Crippen LogP) is 3.50. The maximum Gasteiger partial charge on any atom is 0.263 e. The van der Waals surface area contributed by atoms with Crippen LogP contribution >= 0.6 is 0 Å². The van der Waals surface area contributed by atoms with Gasteiger partial charge >= 0.3 is 0 Å². The summed E-state index contributed by atoms with van der Waals surface area (Å²) in [5.41, 5.74) is 2.88. The molecule has 1 N–H and O–H groups in total. The second-order valence-electron chi connectivity index (χ2n) is 6.71. The van der Waals surface area contributed by atoms with E-state index in [1.165, 1.54) is 7.11 Å². The lowest BCUT2D eigenvalue weighted by atomic mass is 10.1. The Kier molecular flexibility index (Phi) is 4.75. The number of hydrogen-bond acceptors (Lipinski definition) is 6. The number of aryl methyl sites for hydroxylation is 1. The molecule has 0 aliphatic carbocycles. The molecule has 4 rings (SSSR count). The van der Waals surface area contributed by atoms with Gasteiger partial charge in [0.2, 0.25) is 0 Å². The van der Waals surface area contributed by atoms with Gasteiger partial charge in [-0.1, -0.05) is 17.3 Å². The zero-order valence-corrected chi connectivity index (χ0v) is 17.0. The Morgan fingerprint density at radius 3 is 2.76 bits per heavy atom. The first-order chi connectivity index (χ1) is 13.9. The lowest BCUT2D eigenvalue weighted by molar-refractivity contribution is 0.418. The second kappa shape index (κ2) is 7.25. The number of ether oxygens (including phenoxy) is 1.